The monoisotopic (exact) mass is 323 g/mol. The summed E-state index contributed by atoms with van der Waals surface area (Å²) in [5.41, 5.74) is 0.161. The van der Waals surface area contributed by atoms with E-state index in [9.17, 15) is 4.79 Å². The number of rotatable bonds is 2. The lowest BCUT2D eigenvalue weighted by atomic mass is 9.67. The van der Waals surface area contributed by atoms with Crippen molar-refractivity contribution in [1.29, 1.82) is 0 Å². The Bertz CT molecular complexity index is 713. The molecular formula is C14H14ClN3O2S. The first-order chi connectivity index (χ1) is 10.1. The highest BCUT2D eigenvalue weighted by Gasteiger charge is 2.61. The van der Waals surface area contributed by atoms with Crippen molar-refractivity contribution in [3.8, 4) is 0 Å². The molecule has 7 heteroatoms. The second kappa shape index (κ2) is 4.55. The number of carbonyl (C=O) groups excluding carboxylic acids is 1. The third-order valence-corrected chi connectivity index (χ3v) is 5.89. The van der Waals surface area contributed by atoms with E-state index in [4.69, 9.17) is 16.0 Å². The van der Waals surface area contributed by atoms with E-state index in [1.807, 2.05) is 10.3 Å². The van der Waals surface area contributed by atoms with Crippen LogP contribution in [0.25, 0.3) is 0 Å². The van der Waals surface area contributed by atoms with Gasteiger partial charge in [-0.25, -0.2) is 0 Å². The van der Waals surface area contributed by atoms with Crippen LogP contribution >= 0.6 is 22.9 Å². The molecule has 2 aliphatic rings. The molecule has 0 spiro atoms. The molecule has 2 aromatic heterocycles. The molecule has 21 heavy (non-hydrogen) atoms. The van der Waals surface area contributed by atoms with Gasteiger partial charge in [0.25, 0.3) is 5.91 Å². The van der Waals surface area contributed by atoms with Crippen molar-refractivity contribution in [3.63, 3.8) is 0 Å². The number of likely N-dealkylation sites (tertiary alicyclic amines) is 1. The van der Waals surface area contributed by atoms with E-state index in [0.29, 0.717) is 27.6 Å². The molecule has 0 unspecified atom stereocenters. The number of halogens is 1. The number of fused-ring (bicyclic) bond motifs is 1. The van der Waals surface area contributed by atoms with Crippen LogP contribution in [-0.4, -0.2) is 27.5 Å². The van der Waals surface area contributed by atoms with E-state index in [-0.39, 0.29) is 5.91 Å². The van der Waals surface area contributed by atoms with Crippen LogP contribution in [0.2, 0.25) is 4.34 Å². The Kier molecular flexibility index (Phi) is 2.87. The van der Waals surface area contributed by atoms with Crippen molar-refractivity contribution in [3.05, 3.63) is 33.1 Å². The van der Waals surface area contributed by atoms with Crippen molar-refractivity contribution < 1.29 is 9.21 Å². The zero-order valence-electron chi connectivity index (χ0n) is 11.5. The van der Waals surface area contributed by atoms with Gasteiger partial charge < -0.3 is 9.32 Å². The molecule has 1 aliphatic carbocycles. The molecule has 3 heterocycles. The molecule has 2 aromatic rings. The highest BCUT2D eigenvalue weighted by Crippen LogP contribution is 2.57. The quantitative estimate of drug-likeness (QED) is 0.851. The molecule has 4 rings (SSSR count). The lowest BCUT2D eigenvalue weighted by Crippen LogP contribution is -2.53. The molecule has 2 fully saturated rings. The van der Waals surface area contributed by atoms with Crippen LogP contribution in [0, 0.1) is 12.8 Å². The Morgan fingerprint density at radius 3 is 2.95 bits per heavy atom. The van der Waals surface area contributed by atoms with Gasteiger partial charge in [-0.1, -0.05) is 11.6 Å². The van der Waals surface area contributed by atoms with Gasteiger partial charge in [0.1, 0.15) is 9.88 Å². The molecule has 2 atom stereocenters. The fraction of sp³-hybridized carbons (Fsp3) is 0.500. The smallest absolute Gasteiger partial charge is 0.257 e. The number of hydrogen-bond donors (Lipinski definition) is 0. The van der Waals surface area contributed by atoms with E-state index in [0.717, 1.165) is 25.8 Å². The van der Waals surface area contributed by atoms with E-state index >= 15 is 0 Å². The third-order valence-electron chi connectivity index (χ3n) is 4.72. The maximum absolute atomic E-state index is 12.9. The number of hydrogen-bond acceptors (Lipinski definition) is 5. The summed E-state index contributed by atoms with van der Waals surface area (Å²) in [6.07, 6.45) is 2.96. The SMILES string of the molecule is Cc1nnc([C@]23CC[C@H]2CCN3C(=O)c2ccsc2Cl)o1. The first kappa shape index (κ1) is 13.3. The number of aromatic nitrogens is 2. The normalized spacial score (nSPS) is 27.5. The molecule has 1 amide bonds. The maximum atomic E-state index is 12.9. The van der Waals surface area contributed by atoms with Gasteiger partial charge in [-0.05, 0) is 36.6 Å². The number of aryl methyl sites for hydroxylation is 1. The van der Waals surface area contributed by atoms with Crippen LogP contribution in [0.4, 0.5) is 0 Å². The van der Waals surface area contributed by atoms with Crippen molar-refractivity contribution >= 4 is 28.8 Å². The molecule has 110 valence electrons. The Morgan fingerprint density at radius 1 is 1.52 bits per heavy atom. The lowest BCUT2D eigenvalue weighted by molar-refractivity contribution is -0.00338. The second-order valence-corrected chi connectivity index (χ2v) is 7.16. The van der Waals surface area contributed by atoms with E-state index in [1.54, 1.807) is 13.0 Å². The molecular weight excluding hydrogens is 310 g/mol. The fourth-order valence-corrected chi connectivity index (χ4v) is 4.49. The summed E-state index contributed by atoms with van der Waals surface area (Å²) in [6, 6.07) is 1.79. The zero-order chi connectivity index (χ0) is 14.6. The molecule has 1 saturated carbocycles. The molecule has 0 radical (unpaired) electrons. The van der Waals surface area contributed by atoms with Gasteiger partial charge in [0.15, 0.2) is 0 Å². The van der Waals surface area contributed by atoms with Crippen LogP contribution in [0.1, 0.15) is 41.4 Å². The lowest BCUT2D eigenvalue weighted by Gasteiger charge is -2.47. The molecule has 0 N–H and O–H groups in total. The van der Waals surface area contributed by atoms with Gasteiger partial charge in [0.2, 0.25) is 11.8 Å². The average molecular weight is 324 g/mol. The van der Waals surface area contributed by atoms with Crippen LogP contribution in [0.15, 0.2) is 15.9 Å². The van der Waals surface area contributed by atoms with Crippen LogP contribution < -0.4 is 0 Å². The number of nitrogens with zero attached hydrogens (tertiary/aromatic N) is 3. The van der Waals surface area contributed by atoms with Gasteiger partial charge in [0.05, 0.1) is 5.56 Å². The van der Waals surface area contributed by atoms with Gasteiger partial charge in [0, 0.05) is 13.5 Å². The molecule has 1 aliphatic heterocycles. The number of amides is 1. The topological polar surface area (TPSA) is 59.2 Å². The van der Waals surface area contributed by atoms with E-state index < -0.39 is 5.54 Å². The number of thiophene rings is 1. The van der Waals surface area contributed by atoms with Gasteiger partial charge in [-0.3, -0.25) is 4.79 Å². The second-order valence-electron chi connectivity index (χ2n) is 5.64. The summed E-state index contributed by atoms with van der Waals surface area (Å²) in [6.45, 7) is 2.49. The largest absolute Gasteiger partial charge is 0.423 e. The zero-order valence-corrected chi connectivity index (χ0v) is 13.1. The van der Waals surface area contributed by atoms with Crippen molar-refractivity contribution in [2.45, 2.75) is 31.7 Å². The van der Waals surface area contributed by atoms with Gasteiger partial charge in [-0.2, -0.15) is 0 Å². The van der Waals surface area contributed by atoms with Crippen LogP contribution in [-0.2, 0) is 5.54 Å². The predicted octanol–water partition coefficient (Wildman–Crippen LogP) is 3.24. The highest BCUT2D eigenvalue weighted by atomic mass is 35.5. The summed E-state index contributed by atoms with van der Waals surface area (Å²) < 4.78 is 6.21. The first-order valence-corrected chi connectivity index (χ1v) is 8.24. The Hall–Kier alpha value is -1.40. The Labute approximate surface area is 130 Å². The summed E-state index contributed by atoms with van der Waals surface area (Å²) in [7, 11) is 0. The first-order valence-electron chi connectivity index (χ1n) is 6.98. The van der Waals surface area contributed by atoms with Gasteiger partial charge >= 0.3 is 0 Å². The molecule has 0 aromatic carbocycles. The van der Waals surface area contributed by atoms with Crippen molar-refractivity contribution in [2.75, 3.05) is 6.54 Å². The standard InChI is InChI=1S/C14H14ClN3O2S/c1-8-16-17-13(20-8)14-5-2-9(14)3-6-18(14)12(19)10-4-7-21-11(10)15/h4,7,9H,2-3,5-6H2,1H3/t9-,14-/m0/s1. The van der Waals surface area contributed by atoms with Gasteiger partial charge in [-0.15, -0.1) is 21.5 Å². The number of carbonyl (C=O) groups is 1. The van der Waals surface area contributed by atoms with E-state index in [2.05, 4.69) is 10.2 Å². The average Bonchev–Trinajstić information content (AvgIpc) is 3.09. The third kappa shape index (κ3) is 1.72. The minimum atomic E-state index is -0.413. The molecule has 1 saturated heterocycles. The minimum absolute atomic E-state index is 0.0284. The maximum Gasteiger partial charge on any atom is 0.257 e. The van der Waals surface area contributed by atoms with Crippen LogP contribution in [0.5, 0.6) is 0 Å². The van der Waals surface area contributed by atoms with Crippen LogP contribution in [0.3, 0.4) is 0 Å². The highest BCUT2D eigenvalue weighted by molar-refractivity contribution is 7.14. The molecule has 5 nitrogen and oxygen atoms in total. The summed E-state index contributed by atoms with van der Waals surface area (Å²) in [4.78, 5) is 14.8. The predicted molar refractivity (Wildman–Crippen MR) is 78.4 cm³/mol. The Morgan fingerprint density at radius 2 is 2.38 bits per heavy atom. The minimum Gasteiger partial charge on any atom is -0.423 e. The Balaban J connectivity index is 1.75. The summed E-state index contributed by atoms with van der Waals surface area (Å²) >= 11 is 7.51. The van der Waals surface area contributed by atoms with E-state index in [1.165, 1.54) is 11.3 Å². The summed E-state index contributed by atoms with van der Waals surface area (Å²) in [5, 5.41) is 9.98. The molecule has 0 bridgehead atoms. The van der Waals surface area contributed by atoms with Crippen molar-refractivity contribution in [1.82, 2.24) is 15.1 Å². The fourth-order valence-electron chi connectivity index (χ4n) is 3.59. The van der Waals surface area contributed by atoms with Crippen molar-refractivity contribution in [2.24, 2.45) is 5.92 Å². The summed E-state index contributed by atoms with van der Waals surface area (Å²) in [5.74, 6) is 1.50.